The fourth-order valence-corrected chi connectivity index (χ4v) is 6.57. The van der Waals surface area contributed by atoms with Gasteiger partial charge in [0.05, 0.1) is 29.0 Å². The maximum absolute atomic E-state index is 13.9. The van der Waals surface area contributed by atoms with Gasteiger partial charge in [-0.25, -0.2) is 9.78 Å². The fourth-order valence-electron chi connectivity index (χ4n) is 6.57. The number of ether oxygens (including phenoxy) is 1. The number of nitrogens with zero attached hydrogens (tertiary/aromatic N) is 5. The van der Waals surface area contributed by atoms with Crippen LogP contribution in [0.5, 0.6) is 0 Å². The molecule has 4 aromatic heterocycles. The number of carbonyl (C=O) groups excluding carboxylic acids is 2. The molecule has 0 spiro atoms. The zero-order chi connectivity index (χ0) is 35.4. The first-order chi connectivity index (χ1) is 24.7. The number of fused-ring (bicyclic) bond motifs is 1. The van der Waals surface area contributed by atoms with E-state index in [9.17, 15) is 9.59 Å². The number of rotatable bonds is 9. The maximum atomic E-state index is 13.9. The quantitative estimate of drug-likeness (QED) is 0.164. The molecule has 1 fully saturated rings. The van der Waals surface area contributed by atoms with Crippen molar-refractivity contribution in [3.05, 3.63) is 144 Å². The summed E-state index contributed by atoms with van der Waals surface area (Å²) in [5.41, 5.74) is 6.83. The molecular formula is C42H40N6O3. The molecule has 1 aliphatic rings. The van der Waals surface area contributed by atoms with Crippen LogP contribution in [-0.4, -0.2) is 42.4 Å². The van der Waals surface area contributed by atoms with Crippen LogP contribution in [0, 0.1) is 0 Å². The highest BCUT2D eigenvalue weighted by Crippen LogP contribution is 2.43. The minimum Gasteiger partial charge on any atom is -0.444 e. The molecule has 6 aromatic rings. The highest BCUT2D eigenvalue weighted by atomic mass is 16.6. The first kappa shape index (κ1) is 33.5. The molecule has 1 saturated carbocycles. The van der Waals surface area contributed by atoms with E-state index in [1.54, 1.807) is 48.0 Å². The number of pyridine rings is 4. The van der Waals surface area contributed by atoms with Crippen molar-refractivity contribution in [3.8, 4) is 22.4 Å². The molecule has 1 aliphatic carbocycles. The van der Waals surface area contributed by atoms with Crippen molar-refractivity contribution in [1.82, 2.24) is 30.2 Å². The van der Waals surface area contributed by atoms with E-state index in [4.69, 9.17) is 14.7 Å². The van der Waals surface area contributed by atoms with E-state index in [1.807, 2.05) is 57.2 Å². The molecule has 0 radical (unpaired) electrons. The number of amides is 2. The Kier molecular flexibility index (Phi) is 9.28. The van der Waals surface area contributed by atoms with Crippen LogP contribution < -0.4 is 5.32 Å². The molecule has 9 nitrogen and oxygen atoms in total. The Labute approximate surface area is 297 Å². The third kappa shape index (κ3) is 7.48. The van der Waals surface area contributed by atoms with Crippen LogP contribution >= 0.6 is 0 Å². The van der Waals surface area contributed by atoms with Gasteiger partial charge in [-0.3, -0.25) is 19.7 Å². The lowest BCUT2D eigenvalue weighted by Gasteiger charge is -2.43. The Morgan fingerprint density at radius 2 is 1.49 bits per heavy atom. The van der Waals surface area contributed by atoms with Crippen molar-refractivity contribution in [3.63, 3.8) is 0 Å². The predicted octanol–water partition coefficient (Wildman–Crippen LogP) is 8.50. The van der Waals surface area contributed by atoms with Gasteiger partial charge in [-0.2, -0.15) is 0 Å². The molecule has 0 atom stereocenters. The average molecular weight is 677 g/mol. The lowest BCUT2D eigenvalue weighted by atomic mass is 9.71. The highest BCUT2D eigenvalue weighted by Gasteiger charge is 2.41. The fraction of sp³-hybridized carbons (Fsp3) is 0.238. The standard InChI is InChI=1S/C42H40N6O3/c1-41(2,3)51-40(50)47-42(19-7-20-42)33-12-10-31(11-13-33)38-34(30-8-5-4-6-9-30)26-35-36(46-38)18-25-45-37(35)28-48(27-29-14-21-43-22-15-29)39(49)32-16-23-44-24-17-32/h4-6,8-18,21-26H,7,19-20,27-28H2,1-3H3,(H,47,50). The molecule has 256 valence electrons. The molecule has 0 unspecified atom stereocenters. The molecule has 2 amide bonds. The van der Waals surface area contributed by atoms with E-state index in [1.165, 1.54) is 0 Å². The third-order valence-corrected chi connectivity index (χ3v) is 9.25. The zero-order valence-electron chi connectivity index (χ0n) is 29.0. The molecule has 0 aliphatic heterocycles. The highest BCUT2D eigenvalue weighted by molar-refractivity contribution is 5.95. The number of benzene rings is 2. The first-order valence-corrected chi connectivity index (χ1v) is 17.2. The van der Waals surface area contributed by atoms with Crippen molar-refractivity contribution in [1.29, 1.82) is 0 Å². The third-order valence-electron chi connectivity index (χ3n) is 9.25. The smallest absolute Gasteiger partial charge is 0.408 e. The molecular weight excluding hydrogens is 637 g/mol. The molecule has 4 heterocycles. The summed E-state index contributed by atoms with van der Waals surface area (Å²) in [6.07, 6.45) is 10.8. The van der Waals surface area contributed by atoms with Crippen molar-refractivity contribution in [2.24, 2.45) is 0 Å². The summed E-state index contributed by atoms with van der Waals surface area (Å²) in [6.45, 7) is 6.27. The van der Waals surface area contributed by atoms with Crippen LogP contribution in [0.2, 0.25) is 0 Å². The SMILES string of the molecule is CC(C)(C)OC(=O)NC1(c2ccc(-c3nc4ccnc(CN(Cc5ccncc5)C(=O)c5ccncc5)c4cc3-c3ccccc3)cc2)CCC1. The van der Waals surface area contributed by atoms with Crippen LogP contribution in [0.25, 0.3) is 33.3 Å². The van der Waals surface area contributed by atoms with Gasteiger partial charge in [0.25, 0.3) is 5.91 Å². The average Bonchev–Trinajstić information content (AvgIpc) is 3.13. The molecule has 1 N–H and O–H groups in total. The number of hydrogen-bond acceptors (Lipinski definition) is 7. The second kappa shape index (κ2) is 14.1. The van der Waals surface area contributed by atoms with Crippen molar-refractivity contribution >= 4 is 22.9 Å². The van der Waals surface area contributed by atoms with E-state index in [0.29, 0.717) is 12.1 Å². The minimum absolute atomic E-state index is 0.119. The van der Waals surface area contributed by atoms with E-state index in [2.05, 4.69) is 57.7 Å². The normalized spacial score (nSPS) is 13.6. The Bertz CT molecular complexity index is 2150. The summed E-state index contributed by atoms with van der Waals surface area (Å²) in [6, 6.07) is 29.9. The van der Waals surface area contributed by atoms with Gasteiger partial charge in [-0.1, -0.05) is 54.6 Å². The van der Waals surface area contributed by atoms with Crippen LogP contribution in [0.3, 0.4) is 0 Å². The van der Waals surface area contributed by atoms with Gasteiger partial charge in [0.1, 0.15) is 5.60 Å². The van der Waals surface area contributed by atoms with Gasteiger partial charge in [0.2, 0.25) is 0 Å². The second-order valence-electron chi connectivity index (χ2n) is 14.0. The Balaban J connectivity index is 1.26. The number of carbonyl (C=O) groups is 2. The molecule has 7 rings (SSSR count). The van der Waals surface area contributed by atoms with Gasteiger partial charge in [-0.15, -0.1) is 0 Å². The van der Waals surface area contributed by atoms with Gasteiger partial charge >= 0.3 is 6.09 Å². The molecule has 0 saturated heterocycles. The lowest BCUT2D eigenvalue weighted by Crippen LogP contribution is -2.52. The summed E-state index contributed by atoms with van der Waals surface area (Å²) in [5.74, 6) is -0.119. The summed E-state index contributed by atoms with van der Waals surface area (Å²) in [5, 5.41) is 4.03. The largest absolute Gasteiger partial charge is 0.444 e. The Morgan fingerprint density at radius 1 is 0.804 bits per heavy atom. The topological polar surface area (TPSA) is 110 Å². The molecule has 0 bridgehead atoms. The number of hydrogen-bond donors (Lipinski definition) is 1. The van der Waals surface area contributed by atoms with E-state index < -0.39 is 17.2 Å². The monoisotopic (exact) mass is 676 g/mol. The first-order valence-electron chi connectivity index (χ1n) is 17.2. The molecule has 2 aromatic carbocycles. The van der Waals surface area contributed by atoms with Crippen molar-refractivity contribution in [2.45, 2.75) is 64.3 Å². The van der Waals surface area contributed by atoms with E-state index in [-0.39, 0.29) is 12.5 Å². The Morgan fingerprint density at radius 3 is 2.14 bits per heavy atom. The number of nitrogens with one attached hydrogen (secondary N) is 1. The van der Waals surface area contributed by atoms with Crippen molar-refractivity contribution < 1.29 is 14.3 Å². The van der Waals surface area contributed by atoms with Crippen molar-refractivity contribution in [2.75, 3.05) is 0 Å². The summed E-state index contributed by atoms with van der Waals surface area (Å²) in [7, 11) is 0. The maximum Gasteiger partial charge on any atom is 0.408 e. The van der Waals surface area contributed by atoms with Gasteiger partial charge in [-0.05, 0) is 93.1 Å². The van der Waals surface area contributed by atoms with Crippen LogP contribution in [0.4, 0.5) is 4.79 Å². The number of aromatic nitrogens is 4. The minimum atomic E-state index is -0.573. The van der Waals surface area contributed by atoms with Crippen LogP contribution in [0.15, 0.2) is 122 Å². The van der Waals surface area contributed by atoms with Gasteiger partial charge in [0.15, 0.2) is 0 Å². The van der Waals surface area contributed by atoms with Crippen LogP contribution in [-0.2, 0) is 23.4 Å². The molecule has 9 heteroatoms. The zero-order valence-corrected chi connectivity index (χ0v) is 29.0. The predicted molar refractivity (Wildman–Crippen MR) is 197 cm³/mol. The lowest BCUT2D eigenvalue weighted by molar-refractivity contribution is 0.0377. The van der Waals surface area contributed by atoms with Gasteiger partial charge < -0.3 is 15.0 Å². The molecule has 51 heavy (non-hydrogen) atoms. The summed E-state index contributed by atoms with van der Waals surface area (Å²) >= 11 is 0. The van der Waals surface area contributed by atoms with E-state index >= 15 is 0 Å². The van der Waals surface area contributed by atoms with Crippen LogP contribution in [0.1, 0.15) is 67.2 Å². The second-order valence-corrected chi connectivity index (χ2v) is 14.0. The van der Waals surface area contributed by atoms with E-state index in [0.717, 1.165) is 69.4 Å². The summed E-state index contributed by atoms with van der Waals surface area (Å²) < 4.78 is 5.60. The number of alkyl carbamates (subject to hydrolysis) is 1. The summed E-state index contributed by atoms with van der Waals surface area (Å²) in [4.78, 5) is 46.7. The van der Waals surface area contributed by atoms with Gasteiger partial charge in [0, 0.05) is 59.6 Å². The Hall–Kier alpha value is -5.96.